The maximum absolute atomic E-state index is 13.1. The molecule has 19 heteroatoms. The van der Waals surface area contributed by atoms with Crippen molar-refractivity contribution in [1.29, 1.82) is 0 Å². The highest BCUT2D eigenvalue weighted by Crippen LogP contribution is 2.45. The first kappa shape index (κ1) is 98.1. The summed E-state index contributed by atoms with van der Waals surface area (Å²) in [5.41, 5.74) is 0. The lowest BCUT2D eigenvalue weighted by atomic mass is 10.0. The van der Waals surface area contributed by atoms with Crippen LogP contribution in [0.3, 0.4) is 0 Å². The second-order valence-electron chi connectivity index (χ2n) is 29.6. The van der Waals surface area contributed by atoms with Gasteiger partial charge < -0.3 is 33.8 Å². The third-order valence-corrected chi connectivity index (χ3v) is 20.9. The minimum atomic E-state index is -4.96. The van der Waals surface area contributed by atoms with Crippen LogP contribution < -0.4 is 0 Å². The predicted octanol–water partition coefficient (Wildman–Crippen LogP) is 24.4. The van der Waals surface area contributed by atoms with E-state index in [0.717, 1.165) is 102 Å². The van der Waals surface area contributed by atoms with E-state index < -0.39 is 97.5 Å². The van der Waals surface area contributed by atoms with Gasteiger partial charge in [0.15, 0.2) is 12.2 Å². The van der Waals surface area contributed by atoms with Crippen LogP contribution in [-0.4, -0.2) is 96.7 Å². The van der Waals surface area contributed by atoms with Crippen LogP contribution in [0.1, 0.15) is 433 Å². The maximum atomic E-state index is 13.1. The van der Waals surface area contributed by atoms with Gasteiger partial charge in [-0.05, 0) is 31.6 Å². The molecule has 594 valence electrons. The van der Waals surface area contributed by atoms with Crippen LogP contribution in [-0.2, 0) is 65.4 Å². The largest absolute Gasteiger partial charge is 0.472 e. The van der Waals surface area contributed by atoms with Crippen LogP contribution >= 0.6 is 15.6 Å². The molecule has 0 radical (unpaired) electrons. The molecule has 2 unspecified atom stereocenters. The Hall–Kier alpha value is -1.94. The summed E-state index contributed by atoms with van der Waals surface area (Å²) < 4.78 is 68.5. The number of carbonyl (C=O) groups excluding carboxylic acids is 4. The van der Waals surface area contributed by atoms with E-state index in [1.807, 2.05) is 0 Å². The van der Waals surface area contributed by atoms with Crippen molar-refractivity contribution in [3.05, 3.63) is 0 Å². The van der Waals surface area contributed by atoms with Gasteiger partial charge >= 0.3 is 39.5 Å². The Morgan fingerprint density at radius 2 is 0.460 bits per heavy atom. The molecule has 0 spiro atoms. The van der Waals surface area contributed by atoms with E-state index in [4.69, 9.17) is 37.0 Å². The van der Waals surface area contributed by atoms with Crippen LogP contribution in [0.4, 0.5) is 0 Å². The summed E-state index contributed by atoms with van der Waals surface area (Å²) in [6.45, 7) is 7.28. The molecule has 5 atom stereocenters. The molecular formula is C81H158O17P2. The molecule has 0 amide bonds. The summed E-state index contributed by atoms with van der Waals surface area (Å²) in [5, 5.41) is 10.6. The summed E-state index contributed by atoms with van der Waals surface area (Å²) in [6.07, 6.45) is 65.7. The average Bonchev–Trinajstić information content (AvgIpc) is 1.02. The van der Waals surface area contributed by atoms with Crippen molar-refractivity contribution in [2.75, 3.05) is 39.6 Å². The molecule has 0 aliphatic rings. The van der Waals surface area contributed by atoms with Crippen molar-refractivity contribution in [2.24, 2.45) is 5.92 Å². The lowest BCUT2D eigenvalue weighted by Gasteiger charge is -2.21. The quantitative estimate of drug-likeness (QED) is 0.0222. The Kier molecular flexibility index (Phi) is 72.5. The van der Waals surface area contributed by atoms with Crippen molar-refractivity contribution in [1.82, 2.24) is 0 Å². The molecule has 0 bridgehead atoms. The first-order valence-electron chi connectivity index (χ1n) is 42.1. The fraction of sp³-hybridized carbons (Fsp3) is 0.951. The van der Waals surface area contributed by atoms with Gasteiger partial charge in [0.25, 0.3) is 0 Å². The van der Waals surface area contributed by atoms with Crippen LogP contribution in [0.15, 0.2) is 0 Å². The lowest BCUT2D eigenvalue weighted by molar-refractivity contribution is -0.161. The van der Waals surface area contributed by atoms with E-state index in [-0.39, 0.29) is 25.7 Å². The van der Waals surface area contributed by atoms with Gasteiger partial charge in [-0.3, -0.25) is 37.3 Å². The highest BCUT2D eigenvalue weighted by atomic mass is 31.2. The third kappa shape index (κ3) is 74.3. The Bertz CT molecular complexity index is 1910. The van der Waals surface area contributed by atoms with E-state index in [1.54, 1.807) is 0 Å². The van der Waals surface area contributed by atoms with Crippen molar-refractivity contribution < 1.29 is 80.2 Å². The third-order valence-electron chi connectivity index (χ3n) is 19.0. The molecular weight excluding hydrogens is 1310 g/mol. The summed E-state index contributed by atoms with van der Waals surface area (Å²) in [6, 6.07) is 0. The predicted molar refractivity (Wildman–Crippen MR) is 409 cm³/mol. The monoisotopic (exact) mass is 1470 g/mol. The van der Waals surface area contributed by atoms with Crippen LogP contribution in [0, 0.1) is 5.92 Å². The molecule has 0 aliphatic heterocycles. The number of esters is 4. The first-order chi connectivity index (χ1) is 48.5. The highest BCUT2D eigenvalue weighted by Gasteiger charge is 2.30. The van der Waals surface area contributed by atoms with Gasteiger partial charge in [-0.2, -0.15) is 0 Å². The van der Waals surface area contributed by atoms with E-state index in [1.165, 1.54) is 250 Å². The number of aliphatic hydroxyl groups excluding tert-OH is 1. The number of phosphoric acid groups is 2. The summed E-state index contributed by atoms with van der Waals surface area (Å²) in [7, 11) is -9.91. The molecule has 0 aliphatic carbocycles. The summed E-state index contributed by atoms with van der Waals surface area (Å²) in [4.78, 5) is 72.7. The molecule has 0 saturated heterocycles. The molecule has 0 aromatic carbocycles. The zero-order chi connectivity index (χ0) is 73.4. The second-order valence-corrected chi connectivity index (χ2v) is 32.5. The van der Waals surface area contributed by atoms with Gasteiger partial charge in [0.1, 0.15) is 19.3 Å². The highest BCUT2D eigenvalue weighted by molar-refractivity contribution is 7.47. The van der Waals surface area contributed by atoms with Crippen molar-refractivity contribution in [3.8, 4) is 0 Å². The van der Waals surface area contributed by atoms with Crippen molar-refractivity contribution >= 4 is 39.5 Å². The first-order valence-corrected chi connectivity index (χ1v) is 45.1. The maximum Gasteiger partial charge on any atom is 0.472 e. The minimum absolute atomic E-state index is 0.108. The summed E-state index contributed by atoms with van der Waals surface area (Å²) in [5.74, 6) is -1.31. The normalized spacial score (nSPS) is 13.8. The molecule has 17 nitrogen and oxygen atoms in total. The zero-order valence-electron chi connectivity index (χ0n) is 65.3. The summed E-state index contributed by atoms with van der Waals surface area (Å²) >= 11 is 0. The van der Waals surface area contributed by atoms with E-state index in [9.17, 15) is 43.2 Å². The minimum Gasteiger partial charge on any atom is -0.462 e. The Morgan fingerprint density at radius 1 is 0.270 bits per heavy atom. The van der Waals surface area contributed by atoms with Gasteiger partial charge in [-0.1, -0.05) is 381 Å². The SMILES string of the molecule is CCCCCCCCCCCCCCCCCCCCCC(=O)OC[C@H](COP(=O)(O)OC[C@@H](O)COP(=O)(O)OC[C@@H](COC(=O)CCCCCCC)OC(=O)CCCCCCCCCCCCCCCCCCC)OC(=O)CCCCCCCCCCCCCCCCCCC(C)C. The van der Waals surface area contributed by atoms with Gasteiger partial charge in [0.05, 0.1) is 26.4 Å². The second kappa shape index (κ2) is 73.9. The number of ether oxygens (including phenoxy) is 4. The standard InChI is InChI=1S/C81H158O17P2/c1-6-9-12-15-17-19-21-23-25-27-28-30-34-38-42-46-50-55-60-65-79(84)92-71-77(98-81(86)67-62-57-52-48-44-40-36-32-31-33-37-41-45-49-54-58-63-74(4)5)73-96-100(89,90)94-69-75(82)68-93-99(87,88)95-72-76(70-91-78(83)64-59-53-14-11-8-3)97-80(85)66-61-56-51-47-43-39-35-29-26-24-22-20-18-16-13-10-7-2/h74-77,82H,6-73H2,1-5H3,(H,87,88)(H,89,90)/t75-,76+,77+/m0/s1. The molecule has 3 N–H and O–H groups in total. The van der Waals surface area contributed by atoms with Gasteiger partial charge in [-0.25, -0.2) is 9.13 Å². The average molecular weight is 1470 g/mol. The number of aliphatic hydroxyl groups is 1. The van der Waals surface area contributed by atoms with Crippen molar-refractivity contribution in [3.63, 3.8) is 0 Å². The van der Waals surface area contributed by atoms with Crippen LogP contribution in [0.2, 0.25) is 0 Å². The van der Waals surface area contributed by atoms with E-state index >= 15 is 0 Å². The molecule has 0 fully saturated rings. The zero-order valence-corrected chi connectivity index (χ0v) is 67.1. The molecule has 0 aromatic heterocycles. The van der Waals surface area contributed by atoms with Gasteiger partial charge in [0.2, 0.25) is 0 Å². The number of hydrogen-bond acceptors (Lipinski definition) is 15. The smallest absolute Gasteiger partial charge is 0.462 e. The number of rotatable bonds is 81. The topological polar surface area (TPSA) is 237 Å². The molecule has 0 heterocycles. The Balaban J connectivity index is 5.11. The van der Waals surface area contributed by atoms with Crippen molar-refractivity contribution in [2.45, 2.75) is 451 Å². The van der Waals surface area contributed by atoms with Gasteiger partial charge in [-0.15, -0.1) is 0 Å². The number of carbonyl (C=O) groups is 4. The Morgan fingerprint density at radius 3 is 0.680 bits per heavy atom. The Labute approximate surface area is 613 Å². The fourth-order valence-electron chi connectivity index (χ4n) is 12.6. The number of hydrogen-bond donors (Lipinski definition) is 3. The van der Waals surface area contributed by atoms with E-state index in [2.05, 4.69) is 34.6 Å². The molecule has 100 heavy (non-hydrogen) atoms. The number of unbranched alkanes of at least 4 members (excludes halogenated alkanes) is 53. The van der Waals surface area contributed by atoms with E-state index in [0.29, 0.717) is 25.7 Å². The fourth-order valence-corrected chi connectivity index (χ4v) is 14.2. The molecule has 0 saturated carbocycles. The molecule has 0 rings (SSSR count). The number of phosphoric ester groups is 2. The molecule has 0 aromatic rings. The lowest BCUT2D eigenvalue weighted by Crippen LogP contribution is -2.30. The van der Waals surface area contributed by atoms with Crippen LogP contribution in [0.5, 0.6) is 0 Å². The van der Waals surface area contributed by atoms with Crippen LogP contribution in [0.25, 0.3) is 0 Å². The van der Waals surface area contributed by atoms with Gasteiger partial charge in [0, 0.05) is 25.7 Å².